The second-order valence-corrected chi connectivity index (χ2v) is 10.4. The van der Waals surface area contributed by atoms with Gasteiger partial charge in [0.1, 0.15) is 15.8 Å². The molecule has 1 aliphatic rings. The molecule has 0 spiro atoms. The molecule has 1 aliphatic heterocycles. The van der Waals surface area contributed by atoms with Crippen LogP contribution < -0.4 is 4.74 Å². The third-order valence-corrected chi connectivity index (χ3v) is 7.07. The van der Waals surface area contributed by atoms with Gasteiger partial charge in [0.2, 0.25) is 0 Å². The number of aliphatic carboxylic acids is 2. The number of ether oxygens (including phenoxy) is 1. The SMILES string of the molecule is CCc1c(CN2CC(C(=O)O)C2)cccc1-c1nnc(-c2ccc(OC(C)C)c(Cl)c2)s1.O=C(O)C(F)(F)F. The number of benzene rings is 2. The van der Waals surface area contributed by atoms with Crippen LogP contribution in [0.5, 0.6) is 5.75 Å². The van der Waals surface area contributed by atoms with Crippen molar-refractivity contribution in [2.45, 2.75) is 46.0 Å². The Kier molecular flexibility index (Phi) is 9.92. The summed E-state index contributed by atoms with van der Waals surface area (Å²) in [6.07, 6.45) is -4.17. The van der Waals surface area contributed by atoms with E-state index in [2.05, 4.69) is 34.2 Å². The van der Waals surface area contributed by atoms with Crippen molar-refractivity contribution in [3.63, 3.8) is 0 Å². The summed E-state index contributed by atoms with van der Waals surface area (Å²) >= 11 is 7.94. The third kappa shape index (κ3) is 7.90. The van der Waals surface area contributed by atoms with Crippen LogP contribution in [0, 0.1) is 5.92 Å². The highest BCUT2D eigenvalue weighted by Gasteiger charge is 2.38. The molecule has 0 atom stereocenters. The molecule has 1 aromatic heterocycles. The molecule has 0 saturated carbocycles. The third-order valence-electron chi connectivity index (χ3n) is 5.77. The van der Waals surface area contributed by atoms with Gasteiger partial charge in [-0.3, -0.25) is 9.69 Å². The molecule has 0 unspecified atom stereocenters. The molecule has 2 N–H and O–H groups in total. The minimum Gasteiger partial charge on any atom is -0.489 e. The Hall–Kier alpha value is -3.22. The standard InChI is InChI=1S/C24H26ClN3O3S.C2HF3O2/c1-4-18-16(11-28-12-17(13-28)24(29)30)6-5-7-19(18)23-27-26-22(32-23)15-8-9-21(20(25)10-15)31-14(2)3;3-2(4,5)1(6)7/h5-10,14,17H,4,11-13H2,1-3H3,(H,29,30);(H,6,7). The molecule has 1 saturated heterocycles. The highest BCUT2D eigenvalue weighted by Crippen LogP contribution is 2.36. The van der Waals surface area contributed by atoms with Crippen molar-refractivity contribution in [2.75, 3.05) is 13.1 Å². The van der Waals surface area contributed by atoms with Crippen LogP contribution in [0.4, 0.5) is 13.2 Å². The lowest BCUT2D eigenvalue weighted by molar-refractivity contribution is -0.192. The fourth-order valence-electron chi connectivity index (χ4n) is 3.93. The Labute approximate surface area is 232 Å². The Balaban J connectivity index is 0.000000532. The molecule has 0 amide bonds. The maximum atomic E-state index is 11.1. The number of halogens is 4. The summed E-state index contributed by atoms with van der Waals surface area (Å²) in [5.41, 5.74) is 4.43. The van der Waals surface area contributed by atoms with E-state index in [-0.39, 0.29) is 12.0 Å². The summed E-state index contributed by atoms with van der Waals surface area (Å²) in [6.45, 7) is 8.01. The molecule has 8 nitrogen and oxygen atoms in total. The lowest BCUT2D eigenvalue weighted by Gasteiger charge is -2.37. The first kappa shape index (κ1) is 30.3. The van der Waals surface area contributed by atoms with Crippen LogP contribution in [0.2, 0.25) is 5.02 Å². The minimum atomic E-state index is -5.08. The van der Waals surface area contributed by atoms with Crippen molar-refractivity contribution >= 4 is 34.9 Å². The molecule has 210 valence electrons. The minimum absolute atomic E-state index is 0.0532. The second-order valence-electron chi connectivity index (χ2n) is 9.05. The highest BCUT2D eigenvalue weighted by molar-refractivity contribution is 7.17. The summed E-state index contributed by atoms with van der Waals surface area (Å²) in [4.78, 5) is 22.2. The van der Waals surface area contributed by atoms with Gasteiger partial charge in [-0.25, -0.2) is 4.79 Å². The van der Waals surface area contributed by atoms with Crippen molar-refractivity contribution in [1.82, 2.24) is 15.1 Å². The molecule has 0 bridgehead atoms. The first-order chi connectivity index (χ1) is 18.3. The van der Waals surface area contributed by atoms with E-state index in [0.717, 1.165) is 34.1 Å². The Morgan fingerprint density at radius 3 is 2.33 bits per heavy atom. The number of alkyl halides is 3. The fourth-order valence-corrected chi connectivity index (χ4v) is 5.05. The molecule has 1 fully saturated rings. The highest BCUT2D eigenvalue weighted by atomic mass is 35.5. The predicted molar refractivity (Wildman–Crippen MR) is 141 cm³/mol. The van der Waals surface area contributed by atoms with Crippen molar-refractivity contribution < 1.29 is 37.7 Å². The molecule has 13 heteroatoms. The molecule has 39 heavy (non-hydrogen) atoms. The van der Waals surface area contributed by atoms with E-state index < -0.39 is 18.1 Å². The first-order valence-corrected chi connectivity index (χ1v) is 13.2. The van der Waals surface area contributed by atoms with Gasteiger partial charge in [-0.2, -0.15) is 13.2 Å². The van der Waals surface area contributed by atoms with Crippen LogP contribution in [0.1, 0.15) is 31.9 Å². The average Bonchev–Trinajstić information content (AvgIpc) is 3.31. The lowest BCUT2D eigenvalue weighted by atomic mass is 9.95. The van der Waals surface area contributed by atoms with Gasteiger partial charge in [-0.15, -0.1) is 10.2 Å². The number of rotatable bonds is 8. The van der Waals surface area contributed by atoms with Gasteiger partial charge in [0.15, 0.2) is 0 Å². The van der Waals surface area contributed by atoms with Gasteiger partial charge in [0.05, 0.1) is 17.0 Å². The first-order valence-electron chi connectivity index (χ1n) is 12.0. The van der Waals surface area contributed by atoms with Gasteiger partial charge in [-0.05, 0) is 49.6 Å². The number of aromatic nitrogens is 2. The van der Waals surface area contributed by atoms with E-state index in [9.17, 15) is 18.0 Å². The predicted octanol–water partition coefficient (Wildman–Crippen LogP) is 6.02. The smallest absolute Gasteiger partial charge is 0.489 e. The van der Waals surface area contributed by atoms with Crippen LogP contribution in [-0.2, 0) is 22.6 Å². The summed E-state index contributed by atoms with van der Waals surface area (Å²) < 4.78 is 37.5. The molecule has 0 radical (unpaired) electrons. The van der Waals surface area contributed by atoms with Crippen LogP contribution in [0.3, 0.4) is 0 Å². The Bertz CT molecular complexity index is 1330. The van der Waals surface area contributed by atoms with Crippen molar-refractivity contribution in [3.8, 4) is 26.9 Å². The number of carboxylic acid groups (broad SMARTS) is 2. The zero-order valence-electron chi connectivity index (χ0n) is 21.3. The second kappa shape index (κ2) is 12.8. The number of likely N-dealkylation sites (tertiary alicyclic amines) is 1. The Morgan fingerprint density at radius 2 is 1.79 bits per heavy atom. The zero-order chi connectivity index (χ0) is 28.9. The van der Waals surface area contributed by atoms with E-state index in [0.29, 0.717) is 23.9 Å². The maximum Gasteiger partial charge on any atom is 0.490 e. The molecule has 0 aliphatic carbocycles. The topological polar surface area (TPSA) is 113 Å². The largest absolute Gasteiger partial charge is 0.490 e. The van der Waals surface area contributed by atoms with E-state index in [1.807, 2.05) is 38.1 Å². The molecular formula is C26H27ClF3N3O5S. The normalized spacial score (nSPS) is 13.9. The molecular weight excluding hydrogens is 559 g/mol. The average molecular weight is 586 g/mol. The summed E-state index contributed by atoms with van der Waals surface area (Å²) in [7, 11) is 0. The van der Waals surface area contributed by atoms with Gasteiger partial charge >= 0.3 is 18.1 Å². The summed E-state index contributed by atoms with van der Waals surface area (Å²) in [6, 6.07) is 11.9. The van der Waals surface area contributed by atoms with Crippen LogP contribution in [0.15, 0.2) is 36.4 Å². The number of hydrogen-bond acceptors (Lipinski definition) is 7. The number of carboxylic acids is 2. The monoisotopic (exact) mass is 585 g/mol. The van der Waals surface area contributed by atoms with Gasteiger partial charge < -0.3 is 14.9 Å². The van der Waals surface area contributed by atoms with E-state index in [4.69, 9.17) is 31.3 Å². The summed E-state index contributed by atoms with van der Waals surface area (Å²) in [5.74, 6) is -3.06. The lowest BCUT2D eigenvalue weighted by Crippen LogP contribution is -2.49. The molecule has 2 heterocycles. The van der Waals surface area contributed by atoms with E-state index >= 15 is 0 Å². The zero-order valence-corrected chi connectivity index (χ0v) is 22.9. The van der Waals surface area contributed by atoms with Gasteiger partial charge in [0.25, 0.3) is 0 Å². The number of nitrogens with zero attached hydrogens (tertiary/aromatic N) is 3. The fraction of sp³-hybridized carbons (Fsp3) is 0.385. The van der Waals surface area contributed by atoms with E-state index in [1.165, 1.54) is 22.5 Å². The van der Waals surface area contributed by atoms with Gasteiger partial charge in [0, 0.05) is 30.8 Å². The van der Waals surface area contributed by atoms with Crippen molar-refractivity contribution in [3.05, 3.63) is 52.5 Å². The van der Waals surface area contributed by atoms with Crippen LogP contribution >= 0.6 is 22.9 Å². The Morgan fingerprint density at radius 1 is 1.15 bits per heavy atom. The molecule has 2 aromatic carbocycles. The quantitative estimate of drug-likeness (QED) is 0.330. The summed E-state index contributed by atoms with van der Waals surface area (Å²) in [5, 5.41) is 27.3. The van der Waals surface area contributed by atoms with Crippen LogP contribution in [0.25, 0.3) is 21.1 Å². The van der Waals surface area contributed by atoms with Gasteiger partial charge in [-0.1, -0.05) is 48.1 Å². The number of hydrogen-bond donors (Lipinski definition) is 2. The van der Waals surface area contributed by atoms with Crippen LogP contribution in [-0.4, -0.2) is 62.6 Å². The maximum absolute atomic E-state index is 11.1. The number of carbonyl (C=O) groups is 2. The molecule has 3 aromatic rings. The molecule has 4 rings (SSSR count). The van der Waals surface area contributed by atoms with E-state index in [1.54, 1.807) is 0 Å². The van der Waals surface area contributed by atoms with Crippen molar-refractivity contribution in [2.24, 2.45) is 5.92 Å². The van der Waals surface area contributed by atoms with Crippen molar-refractivity contribution in [1.29, 1.82) is 0 Å².